The lowest BCUT2D eigenvalue weighted by Crippen LogP contribution is -2.48. The van der Waals surface area contributed by atoms with Crippen molar-refractivity contribution in [2.45, 2.75) is 45.2 Å². The number of piperidine rings is 1. The first-order chi connectivity index (χ1) is 7.13. The Hall–Kier alpha value is -0.0300. The number of rotatable bonds is 4. The highest BCUT2D eigenvalue weighted by molar-refractivity contribution is 5.85. The zero-order chi connectivity index (χ0) is 11.3. The Kier molecular flexibility index (Phi) is 11.3. The molecular formula is C11H25Cl2N3O. The second-order valence-electron chi connectivity index (χ2n) is 4.41. The Morgan fingerprint density at radius 2 is 1.94 bits per heavy atom. The Morgan fingerprint density at radius 3 is 2.35 bits per heavy atom. The van der Waals surface area contributed by atoms with Gasteiger partial charge in [-0.15, -0.1) is 24.8 Å². The monoisotopic (exact) mass is 285 g/mol. The maximum Gasteiger partial charge on any atom is 0.236 e. The van der Waals surface area contributed by atoms with Gasteiger partial charge in [-0.25, -0.2) is 0 Å². The molecule has 1 atom stereocenters. The van der Waals surface area contributed by atoms with Crippen LogP contribution in [0.2, 0.25) is 0 Å². The third-order valence-electron chi connectivity index (χ3n) is 2.89. The molecule has 0 saturated carbocycles. The van der Waals surface area contributed by atoms with Crippen LogP contribution in [0.1, 0.15) is 33.1 Å². The molecule has 0 aromatic carbocycles. The van der Waals surface area contributed by atoms with Crippen LogP contribution in [-0.4, -0.2) is 42.5 Å². The predicted molar refractivity (Wildman–Crippen MR) is 76.0 cm³/mol. The predicted octanol–water partition coefficient (Wildman–Crippen LogP) is 1.17. The van der Waals surface area contributed by atoms with E-state index in [0.717, 1.165) is 25.9 Å². The van der Waals surface area contributed by atoms with Crippen molar-refractivity contribution >= 4 is 30.7 Å². The van der Waals surface area contributed by atoms with Gasteiger partial charge in [-0.1, -0.05) is 6.92 Å². The van der Waals surface area contributed by atoms with E-state index in [0.29, 0.717) is 6.04 Å². The minimum absolute atomic E-state index is 0. The van der Waals surface area contributed by atoms with Crippen LogP contribution in [0.5, 0.6) is 0 Å². The van der Waals surface area contributed by atoms with Crippen LogP contribution in [0.15, 0.2) is 0 Å². The summed E-state index contributed by atoms with van der Waals surface area (Å²) in [5, 5.41) is 2.99. The normalized spacial score (nSPS) is 18.8. The third-order valence-corrected chi connectivity index (χ3v) is 2.89. The molecule has 1 fully saturated rings. The summed E-state index contributed by atoms with van der Waals surface area (Å²) in [4.78, 5) is 13.8. The van der Waals surface area contributed by atoms with Gasteiger partial charge >= 0.3 is 0 Å². The molecule has 0 aromatic rings. The van der Waals surface area contributed by atoms with Gasteiger partial charge in [0.1, 0.15) is 0 Å². The number of hydrogen-bond acceptors (Lipinski definition) is 3. The summed E-state index contributed by atoms with van der Waals surface area (Å²) in [5.41, 5.74) is 5.51. The molecule has 1 aliphatic heterocycles. The van der Waals surface area contributed by atoms with Gasteiger partial charge < -0.3 is 16.0 Å². The van der Waals surface area contributed by atoms with Gasteiger partial charge in [0.2, 0.25) is 5.91 Å². The summed E-state index contributed by atoms with van der Waals surface area (Å²) in [5.74, 6) is -0.0241. The zero-order valence-electron chi connectivity index (χ0n) is 10.6. The second-order valence-corrected chi connectivity index (χ2v) is 4.41. The van der Waals surface area contributed by atoms with Crippen molar-refractivity contribution in [3.63, 3.8) is 0 Å². The lowest BCUT2D eigenvalue weighted by Gasteiger charge is -2.32. The summed E-state index contributed by atoms with van der Waals surface area (Å²) >= 11 is 0. The number of amides is 1. The van der Waals surface area contributed by atoms with E-state index in [1.165, 1.54) is 13.0 Å². The van der Waals surface area contributed by atoms with Crippen LogP contribution in [0, 0.1) is 0 Å². The second kappa shape index (κ2) is 9.95. The van der Waals surface area contributed by atoms with Crippen molar-refractivity contribution in [3.8, 4) is 0 Å². The number of nitrogens with zero attached hydrogens (tertiary/aromatic N) is 1. The minimum Gasteiger partial charge on any atom is -0.352 e. The third kappa shape index (κ3) is 7.09. The van der Waals surface area contributed by atoms with Crippen LogP contribution in [0.25, 0.3) is 0 Å². The van der Waals surface area contributed by atoms with Crippen LogP contribution in [0.3, 0.4) is 0 Å². The maximum absolute atomic E-state index is 11.4. The smallest absolute Gasteiger partial charge is 0.236 e. The summed E-state index contributed by atoms with van der Waals surface area (Å²) in [6.45, 7) is 7.29. The Labute approximate surface area is 117 Å². The summed E-state index contributed by atoms with van der Waals surface area (Å²) in [6.07, 6.45) is 3.31. The average molecular weight is 286 g/mol. The highest BCUT2D eigenvalue weighted by atomic mass is 35.5. The van der Waals surface area contributed by atoms with E-state index in [9.17, 15) is 4.79 Å². The van der Waals surface area contributed by atoms with Crippen LogP contribution < -0.4 is 11.1 Å². The number of carbonyl (C=O) groups is 1. The van der Waals surface area contributed by atoms with E-state index in [1.54, 1.807) is 6.92 Å². The number of halogens is 2. The molecule has 0 radical (unpaired) electrons. The number of hydrogen-bond donors (Lipinski definition) is 2. The van der Waals surface area contributed by atoms with E-state index in [-0.39, 0.29) is 30.7 Å². The molecule has 1 saturated heterocycles. The van der Waals surface area contributed by atoms with Crippen molar-refractivity contribution in [3.05, 3.63) is 0 Å². The maximum atomic E-state index is 11.4. The fraction of sp³-hybridized carbons (Fsp3) is 0.909. The highest BCUT2D eigenvalue weighted by Crippen LogP contribution is 2.10. The molecule has 1 amide bonds. The Morgan fingerprint density at radius 1 is 1.41 bits per heavy atom. The summed E-state index contributed by atoms with van der Waals surface area (Å²) in [7, 11) is 0. The van der Waals surface area contributed by atoms with Crippen molar-refractivity contribution in [2.24, 2.45) is 5.73 Å². The average Bonchev–Trinajstić information content (AvgIpc) is 2.21. The van der Waals surface area contributed by atoms with Gasteiger partial charge in [0, 0.05) is 19.1 Å². The van der Waals surface area contributed by atoms with Gasteiger partial charge in [-0.2, -0.15) is 0 Å². The lowest BCUT2D eigenvalue weighted by molar-refractivity contribution is -0.123. The first kappa shape index (κ1) is 19.3. The van der Waals surface area contributed by atoms with Crippen molar-refractivity contribution in [2.75, 3.05) is 19.6 Å². The minimum atomic E-state index is -0.390. The highest BCUT2D eigenvalue weighted by Gasteiger charge is 2.20. The first-order valence-electron chi connectivity index (χ1n) is 5.91. The van der Waals surface area contributed by atoms with Gasteiger partial charge in [0.25, 0.3) is 0 Å². The number of nitrogens with one attached hydrogen (secondary N) is 1. The number of nitrogens with two attached hydrogens (primary N) is 1. The first-order valence-corrected chi connectivity index (χ1v) is 5.91. The molecule has 0 bridgehead atoms. The molecule has 0 aromatic heterocycles. The zero-order valence-corrected chi connectivity index (χ0v) is 12.3. The molecule has 4 nitrogen and oxygen atoms in total. The molecule has 1 aliphatic rings. The molecule has 1 heterocycles. The molecule has 1 unspecified atom stereocenters. The summed E-state index contributed by atoms with van der Waals surface area (Å²) < 4.78 is 0. The summed E-state index contributed by atoms with van der Waals surface area (Å²) in [6, 6.07) is -0.0599. The van der Waals surface area contributed by atoms with Crippen molar-refractivity contribution in [1.29, 1.82) is 0 Å². The standard InChI is InChI=1S/C11H23N3O.2ClH/c1-3-6-14-7-4-10(5-8-14)13-11(15)9(2)12;;/h9-10H,3-8,12H2,1-2H3,(H,13,15);2*1H. The fourth-order valence-corrected chi connectivity index (χ4v) is 1.95. The largest absolute Gasteiger partial charge is 0.352 e. The van der Waals surface area contributed by atoms with E-state index in [2.05, 4.69) is 17.1 Å². The van der Waals surface area contributed by atoms with E-state index in [4.69, 9.17) is 5.73 Å². The van der Waals surface area contributed by atoms with E-state index >= 15 is 0 Å². The van der Waals surface area contributed by atoms with Gasteiger partial charge in [0.15, 0.2) is 0 Å². The number of likely N-dealkylation sites (tertiary alicyclic amines) is 1. The molecule has 0 spiro atoms. The molecule has 0 aliphatic carbocycles. The quantitative estimate of drug-likeness (QED) is 0.815. The topological polar surface area (TPSA) is 58.4 Å². The molecule has 17 heavy (non-hydrogen) atoms. The molecular weight excluding hydrogens is 261 g/mol. The van der Waals surface area contributed by atoms with Crippen molar-refractivity contribution in [1.82, 2.24) is 10.2 Å². The Balaban J connectivity index is 0. The molecule has 3 N–H and O–H groups in total. The van der Waals surface area contributed by atoms with Crippen LogP contribution >= 0.6 is 24.8 Å². The van der Waals surface area contributed by atoms with Gasteiger partial charge in [-0.05, 0) is 32.7 Å². The molecule has 6 heteroatoms. The lowest BCUT2D eigenvalue weighted by atomic mass is 10.0. The Bertz CT molecular complexity index is 207. The van der Waals surface area contributed by atoms with Gasteiger partial charge in [0.05, 0.1) is 6.04 Å². The van der Waals surface area contributed by atoms with Gasteiger partial charge in [-0.3, -0.25) is 4.79 Å². The fourth-order valence-electron chi connectivity index (χ4n) is 1.95. The van der Waals surface area contributed by atoms with Crippen LogP contribution in [-0.2, 0) is 4.79 Å². The van der Waals surface area contributed by atoms with E-state index < -0.39 is 6.04 Å². The number of carbonyl (C=O) groups excluding carboxylic acids is 1. The van der Waals surface area contributed by atoms with Crippen molar-refractivity contribution < 1.29 is 4.79 Å². The van der Waals surface area contributed by atoms with Crippen LogP contribution in [0.4, 0.5) is 0 Å². The molecule has 1 rings (SSSR count). The SMILES string of the molecule is CCCN1CCC(NC(=O)C(C)N)CC1.Cl.Cl. The molecule has 104 valence electrons. The van der Waals surface area contributed by atoms with E-state index in [1.807, 2.05) is 0 Å².